The van der Waals surface area contributed by atoms with Gasteiger partial charge in [-0.3, -0.25) is 4.79 Å². The average Bonchev–Trinajstić information content (AvgIpc) is 2.85. The SMILES string of the molecule is CN(CC1CCCC1)C(=O)c1cc(N)c(F)cc1Br. The first kappa shape index (κ1) is 14.3. The van der Waals surface area contributed by atoms with E-state index in [0.29, 0.717) is 16.0 Å². The van der Waals surface area contributed by atoms with Crippen molar-refractivity contribution in [2.75, 3.05) is 19.3 Å². The van der Waals surface area contributed by atoms with E-state index in [1.807, 2.05) is 0 Å². The maximum atomic E-state index is 13.3. The fourth-order valence-corrected chi connectivity index (χ4v) is 3.08. The van der Waals surface area contributed by atoms with E-state index in [2.05, 4.69) is 15.9 Å². The van der Waals surface area contributed by atoms with Crippen molar-refractivity contribution in [2.45, 2.75) is 25.7 Å². The van der Waals surface area contributed by atoms with Crippen LogP contribution in [0.15, 0.2) is 16.6 Å². The Labute approximate surface area is 121 Å². The number of rotatable bonds is 3. The van der Waals surface area contributed by atoms with Crippen LogP contribution in [0.2, 0.25) is 0 Å². The Morgan fingerprint density at radius 3 is 2.74 bits per heavy atom. The molecule has 2 N–H and O–H groups in total. The highest BCUT2D eigenvalue weighted by molar-refractivity contribution is 9.10. The van der Waals surface area contributed by atoms with E-state index in [1.54, 1.807) is 11.9 Å². The molecule has 0 heterocycles. The van der Waals surface area contributed by atoms with E-state index in [4.69, 9.17) is 5.73 Å². The predicted molar refractivity (Wildman–Crippen MR) is 77.4 cm³/mol. The molecule has 1 aliphatic carbocycles. The van der Waals surface area contributed by atoms with Gasteiger partial charge in [-0.25, -0.2) is 4.39 Å². The highest BCUT2D eigenvalue weighted by Gasteiger charge is 2.22. The molecule has 1 aliphatic rings. The first-order valence-electron chi connectivity index (χ1n) is 6.49. The molecule has 0 aliphatic heterocycles. The third kappa shape index (κ3) is 3.26. The van der Waals surface area contributed by atoms with Gasteiger partial charge in [-0.1, -0.05) is 12.8 Å². The molecule has 0 bridgehead atoms. The minimum absolute atomic E-state index is 0.000756. The average molecular weight is 329 g/mol. The molecule has 0 aromatic heterocycles. The largest absolute Gasteiger partial charge is 0.396 e. The first-order valence-corrected chi connectivity index (χ1v) is 7.28. The van der Waals surface area contributed by atoms with Gasteiger partial charge in [-0.15, -0.1) is 0 Å². The van der Waals surface area contributed by atoms with Crippen LogP contribution >= 0.6 is 15.9 Å². The Kier molecular flexibility index (Phi) is 4.45. The van der Waals surface area contributed by atoms with Crippen molar-refractivity contribution < 1.29 is 9.18 Å². The molecule has 0 radical (unpaired) electrons. The van der Waals surface area contributed by atoms with Crippen LogP contribution in [0.25, 0.3) is 0 Å². The number of anilines is 1. The van der Waals surface area contributed by atoms with E-state index >= 15 is 0 Å². The number of halogens is 2. The van der Waals surface area contributed by atoms with Gasteiger partial charge >= 0.3 is 0 Å². The van der Waals surface area contributed by atoms with E-state index in [9.17, 15) is 9.18 Å². The molecular weight excluding hydrogens is 311 g/mol. The van der Waals surface area contributed by atoms with Crippen molar-refractivity contribution >= 4 is 27.5 Å². The van der Waals surface area contributed by atoms with Crippen molar-refractivity contribution in [3.05, 3.63) is 28.0 Å². The maximum absolute atomic E-state index is 13.3. The smallest absolute Gasteiger partial charge is 0.254 e. The zero-order chi connectivity index (χ0) is 14.0. The molecule has 0 atom stereocenters. The van der Waals surface area contributed by atoms with Gasteiger partial charge in [-0.2, -0.15) is 0 Å². The van der Waals surface area contributed by atoms with Crippen LogP contribution in [0.4, 0.5) is 10.1 Å². The van der Waals surface area contributed by atoms with Crippen LogP contribution < -0.4 is 5.73 Å². The molecule has 1 aromatic carbocycles. The van der Waals surface area contributed by atoms with Gasteiger partial charge in [0.15, 0.2) is 0 Å². The fraction of sp³-hybridized carbons (Fsp3) is 0.500. The molecule has 1 amide bonds. The number of carbonyl (C=O) groups excluding carboxylic acids is 1. The molecule has 104 valence electrons. The summed E-state index contributed by atoms with van der Waals surface area (Å²) in [7, 11) is 1.78. The lowest BCUT2D eigenvalue weighted by atomic mass is 10.1. The molecule has 0 spiro atoms. The standard InChI is InChI=1S/C14H18BrFN2O/c1-18(8-9-4-2-3-5-9)14(19)10-6-13(17)12(16)7-11(10)15/h6-7,9H,2-5,8,17H2,1H3. The monoisotopic (exact) mass is 328 g/mol. The van der Waals surface area contributed by atoms with Crippen LogP contribution in [0, 0.1) is 11.7 Å². The number of hydrogen-bond acceptors (Lipinski definition) is 2. The lowest BCUT2D eigenvalue weighted by molar-refractivity contribution is 0.0772. The van der Waals surface area contributed by atoms with Crippen molar-refractivity contribution in [1.82, 2.24) is 4.90 Å². The van der Waals surface area contributed by atoms with Gasteiger partial charge < -0.3 is 10.6 Å². The summed E-state index contributed by atoms with van der Waals surface area (Å²) in [5, 5.41) is 0. The second-order valence-electron chi connectivity index (χ2n) is 5.19. The highest BCUT2D eigenvalue weighted by Crippen LogP contribution is 2.27. The second kappa shape index (κ2) is 5.90. The number of nitrogens with zero attached hydrogens (tertiary/aromatic N) is 1. The summed E-state index contributed by atoms with van der Waals surface area (Å²) in [6, 6.07) is 2.64. The van der Waals surface area contributed by atoms with Crippen molar-refractivity contribution in [1.29, 1.82) is 0 Å². The summed E-state index contributed by atoms with van der Waals surface area (Å²) in [6.45, 7) is 0.753. The Hall–Kier alpha value is -1.10. The Morgan fingerprint density at radius 1 is 1.47 bits per heavy atom. The lowest BCUT2D eigenvalue weighted by Crippen LogP contribution is -2.31. The second-order valence-corrected chi connectivity index (χ2v) is 6.04. The van der Waals surface area contributed by atoms with Crippen LogP contribution in [-0.2, 0) is 0 Å². The van der Waals surface area contributed by atoms with Crippen molar-refractivity contribution in [3.8, 4) is 0 Å². The van der Waals surface area contributed by atoms with Crippen molar-refractivity contribution in [3.63, 3.8) is 0 Å². The zero-order valence-electron chi connectivity index (χ0n) is 11.0. The Bertz CT molecular complexity index is 487. The van der Waals surface area contributed by atoms with Crippen LogP contribution in [0.5, 0.6) is 0 Å². The number of nitrogens with two attached hydrogens (primary N) is 1. The Morgan fingerprint density at radius 2 is 2.11 bits per heavy atom. The molecule has 5 heteroatoms. The minimum atomic E-state index is -0.512. The zero-order valence-corrected chi connectivity index (χ0v) is 12.5. The summed E-state index contributed by atoms with van der Waals surface area (Å²) in [5.41, 5.74) is 5.94. The molecule has 1 aromatic rings. The number of benzene rings is 1. The summed E-state index contributed by atoms with van der Waals surface area (Å²) < 4.78 is 13.7. The van der Waals surface area contributed by atoms with E-state index in [0.717, 1.165) is 6.54 Å². The minimum Gasteiger partial charge on any atom is -0.396 e. The van der Waals surface area contributed by atoms with Crippen LogP contribution in [0.1, 0.15) is 36.0 Å². The van der Waals surface area contributed by atoms with E-state index in [1.165, 1.54) is 37.8 Å². The predicted octanol–water partition coefficient (Wildman–Crippen LogP) is 3.43. The number of nitrogen functional groups attached to an aromatic ring is 1. The number of hydrogen-bond donors (Lipinski definition) is 1. The van der Waals surface area contributed by atoms with Gasteiger partial charge in [0, 0.05) is 18.1 Å². The number of carbonyl (C=O) groups is 1. The summed E-state index contributed by atoms with van der Waals surface area (Å²) >= 11 is 3.22. The van der Waals surface area contributed by atoms with Crippen LogP contribution in [-0.4, -0.2) is 24.4 Å². The van der Waals surface area contributed by atoms with Gasteiger partial charge in [0.2, 0.25) is 0 Å². The molecule has 0 unspecified atom stereocenters. The van der Waals surface area contributed by atoms with Gasteiger partial charge in [0.1, 0.15) is 5.82 Å². The molecule has 1 fully saturated rings. The third-order valence-corrected chi connectivity index (χ3v) is 4.33. The summed E-state index contributed by atoms with van der Waals surface area (Å²) in [6.07, 6.45) is 4.87. The van der Waals surface area contributed by atoms with Gasteiger partial charge in [0.25, 0.3) is 5.91 Å². The first-order chi connectivity index (χ1) is 8.99. The summed E-state index contributed by atoms with van der Waals surface area (Å²) in [4.78, 5) is 14.0. The fourth-order valence-electron chi connectivity index (χ4n) is 2.60. The number of amides is 1. The van der Waals surface area contributed by atoms with E-state index < -0.39 is 5.82 Å². The molecule has 0 saturated heterocycles. The lowest BCUT2D eigenvalue weighted by Gasteiger charge is -2.22. The quantitative estimate of drug-likeness (QED) is 0.864. The molecule has 19 heavy (non-hydrogen) atoms. The maximum Gasteiger partial charge on any atom is 0.254 e. The van der Waals surface area contributed by atoms with Gasteiger partial charge in [0.05, 0.1) is 11.3 Å². The third-order valence-electron chi connectivity index (χ3n) is 3.67. The molecule has 1 saturated carbocycles. The van der Waals surface area contributed by atoms with Crippen LogP contribution in [0.3, 0.4) is 0 Å². The molecular formula is C14H18BrFN2O. The van der Waals surface area contributed by atoms with Gasteiger partial charge in [-0.05, 0) is 46.8 Å². The molecule has 2 rings (SSSR count). The van der Waals surface area contributed by atoms with Crippen molar-refractivity contribution in [2.24, 2.45) is 5.92 Å². The Balaban J connectivity index is 2.12. The topological polar surface area (TPSA) is 46.3 Å². The van der Waals surface area contributed by atoms with E-state index in [-0.39, 0.29) is 11.6 Å². The highest BCUT2D eigenvalue weighted by atomic mass is 79.9. The molecule has 3 nitrogen and oxygen atoms in total. The normalized spacial score (nSPS) is 15.7. The summed E-state index contributed by atoms with van der Waals surface area (Å²) in [5.74, 6) is -0.0436.